The van der Waals surface area contributed by atoms with Gasteiger partial charge in [-0.1, -0.05) is 19.9 Å². The van der Waals surface area contributed by atoms with Crippen molar-refractivity contribution in [3.63, 3.8) is 0 Å². The van der Waals surface area contributed by atoms with Gasteiger partial charge in [0.15, 0.2) is 5.17 Å². The fraction of sp³-hybridized carbons (Fsp3) is 0.381. The Labute approximate surface area is 170 Å². The molecule has 0 spiro atoms. The highest BCUT2D eigenvalue weighted by Gasteiger charge is 2.27. The number of ether oxygens (including phenoxy) is 1. The summed E-state index contributed by atoms with van der Waals surface area (Å²) >= 11 is 1.51. The van der Waals surface area contributed by atoms with Crippen LogP contribution >= 0.6 is 11.8 Å². The molecule has 0 bridgehead atoms. The van der Waals surface area contributed by atoms with Crippen LogP contribution in [0.3, 0.4) is 0 Å². The average molecular weight is 399 g/mol. The van der Waals surface area contributed by atoms with Crippen LogP contribution in [0.4, 0.5) is 5.69 Å². The molecular formula is C21H26N4O2S. The lowest BCUT2D eigenvalue weighted by Gasteiger charge is -2.31. The van der Waals surface area contributed by atoms with Crippen LogP contribution in [0.25, 0.3) is 0 Å². The quantitative estimate of drug-likeness (QED) is 0.633. The molecule has 0 saturated carbocycles. The van der Waals surface area contributed by atoms with E-state index >= 15 is 0 Å². The number of fused-ring (bicyclic) bond motifs is 1. The van der Waals surface area contributed by atoms with Crippen molar-refractivity contribution < 1.29 is 9.53 Å². The molecule has 1 unspecified atom stereocenters. The van der Waals surface area contributed by atoms with Gasteiger partial charge in [-0.3, -0.25) is 0 Å². The van der Waals surface area contributed by atoms with Gasteiger partial charge in [0, 0.05) is 30.5 Å². The van der Waals surface area contributed by atoms with Crippen LogP contribution in [0.2, 0.25) is 0 Å². The van der Waals surface area contributed by atoms with E-state index in [4.69, 9.17) is 9.73 Å². The molecule has 3 rings (SSSR count). The summed E-state index contributed by atoms with van der Waals surface area (Å²) in [5, 5.41) is 1.63. The number of pyridine rings is 1. The topological polar surface area (TPSA) is 58.0 Å². The predicted molar refractivity (Wildman–Crippen MR) is 114 cm³/mol. The van der Waals surface area contributed by atoms with Crippen LogP contribution in [0.15, 0.2) is 52.6 Å². The van der Waals surface area contributed by atoms with Gasteiger partial charge in [-0.2, -0.15) is 0 Å². The van der Waals surface area contributed by atoms with Crippen molar-refractivity contribution in [2.75, 3.05) is 38.2 Å². The number of hydrogen-bond acceptors (Lipinski definition) is 7. The van der Waals surface area contributed by atoms with Crippen molar-refractivity contribution in [1.82, 2.24) is 9.88 Å². The van der Waals surface area contributed by atoms with E-state index in [1.54, 1.807) is 13.3 Å². The summed E-state index contributed by atoms with van der Waals surface area (Å²) < 4.78 is 5.29. The molecule has 1 aromatic heterocycles. The zero-order chi connectivity index (χ0) is 19.9. The average Bonchev–Trinajstić information content (AvgIpc) is 2.76. The van der Waals surface area contributed by atoms with Gasteiger partial charge >= 0.3 is 0 Å². The molecule has 28 heavy (non-hydrogen) atoms. The lowest BCUT2D eigenvalue weighted by atomic mass is 10.1. The fourth-order valence-corrected chi connectivity index (χ4v) is 4.19. The molecule has 6 nitrogen and oxygen atoms in total. The minimum absolute atomic E-state index is 0.519. The first-order valence-corrected chi connectivity index (χ1v) is 10.3. The monoisotopic (exact) mass is 398 g/mol. The van der Waals surface area contributed by atoms with Gasteiger partial charge in [0.2, 0.25) is 0 Å². The predicted octanol–water partition coefficient (Wildman–Crippen LogP) is 3.64. The third-order valence-electron chi connectivity index (χ3n) is 4.83. The highest BCUT2D eigenvalue weighted by molar-refractivity contribution is 8.14. The maximum atomic E-state index is 11.7. The second-order valence-electron chi connectivity index (χ2n) is 6.37. The smallest absolute Gasteiger partial charge is 0.171 e. The number of anilines is 1. The Morgan fingerprint density at radius 2 is 1.89 bits per heavy atom. The number of methoxy groups -OCH3 is 1. The minimum atomic E-state index is -0.519. The van der Waals surface area contributed by atoms with E-state index in [1.807, 2.05) is 36.4 Å². The van der Waals surface area contributed by atoms with Crippen molar-refractivity contribution in [1.29, 1.82) is 0 Å². The van der Waals surface area contributed by atoms with E-state index in [0.717, 1.165) is 59.7 Å². The van der Waals surface area contributed by atoms with Crippen molar-refractivity contribution >= 4 is 28.9 Å². The number of hydrogen-bond donors (Lipinski definition) is 0. The summed E-state index contributed by atoms with van der Waals surface area (Å²) in [7, 11) is 1.66. The molecule has 0 N–H and O–H groups in total. The molecule has 0 amide bonds. The highest BCUT2D eigenvalue weighted by atomic mass is 32.2. The third-order valence-corrected chi connectivity index (χ3v) is 5.88. The number of carbonyl (C=O) groups is 1. The molecule has 0 fully saturated rings. The first kappa shape index (κ1) is 20.4. The molecule has 2 aromatic rings. The summed E-state index contributed by atoms with van der Waals surface area (Å²) in [6, 6.07) is 11.2. The molecule has 0 saturated heterocycles. The number of nitrogens with zero attached hydrogens (tertiary/aromatic N) is 4. The molecule has 148 valence electrons. The van der Waals surface area contributed by atoms with Crippen LogP contribution in [0.5, 0.6) is 5.75 Å². The van der Waals surface area contributed by atoms with Crippen LogP contribution < -0.4 is 9.64 Å². The van der Waals surface area contributed by atoms with Crippen LogP contribution in [0, 0.1) is 0 Å². The number of benzene rings is 1. The zero-order valence-corrected chi connectivity index (χ0v) is 17.4. The maximum Gasteiger partial charge on any atom is 0.171 e. The third kappa shape index (κ3) is 4.54. The van der Waals surface area contributed by atoms with Gasteiger partial charge in [-0.05, 0) is 55.2 Å². The Morgan fingerprint density at radius 3 is 2.54 bits per heavy atom. The number of aliphatic imine (C=N–C) groups is 1. The molecule has 7 heteroatoms. The summed E-state index contributed by atoms with van der Waals surface area (Å²) in [6.07, 6.45) is 2.64. The minimum Gasteiger partial charge on any atom is -0.497 e. The first-order chi connectivity index (χ1) is 13.7. The second kappa shape index (κ2) is 9.71. The Kier molecular flexibility index (Phi) is 7.06. The molecule has 1 aliphatic heterocycles. The first-order valence-electron chi connectivity index (χ1n) is 9.49. The number of thioether (sulfide) groups is 1. The second-order valence-corrected chi connectivity index (χ2v) is 7.32. The van der Waals surface area contributed by atoms with E-state index < -0.39 is 6.04 Å². The summed E-state index contributed by atoms with van der Waals surface area (Å²) in [5.41, 5.74) is 1.88. The number of rotatable bonds is 8. The SMILES string of the molecule is CCN(CC)CCN(C1=NC(C=O)c2cccnc2S1)c1ccc(OC)cc1. The Balaban J connectivity index is 1.93. The van der Waals surface area contributed by atoms with Crippen molar-refractivity contribution in [2.45, 2.75) is 24.9 Å². The fourth-order valence-electron chi connectivity index (χ4n) is 3.12. The van der Waals surface area contributed by atoms with Crippen LogP contribution in [-0.2, 0) is 4.79 Å². The number of likely N-dealkylation sites (N-methyl/N-ethyl adjacent to an activating group) is 1. The van der Waals surface area contributed by atoms with Gasteiger partial charge in [0.1, 0.15) is 23.1 Å². The van der Waals surface area contributed by atoms with E-state index in [2.05, 4.69) is 28.6 Å². The Morgan fingerprint density at radius 1 is 1.14 bits per heavy atom. The number of aromatic nitrogens is 1. The summed E-state index contributed by atoms with van der Waals surface area (Å²) in [5.74, 6) is 0.809. The van der Waals surface area contributed by atoms with Gasteiger partial charge < -0.3 is 19.3 Å². The standard InChI is InChI=1S/C21H26N4O2S/c1-4-24(5-2)13-14-25(16-8-10-17(27-3)11-9-16)21-23-19(15-26)18-7-6-12-22-20(18)28-21/h6-12,15,19H,4-5,13-14H2,1-3H3. The molecule has 1 aromatic carbocycles. The summed E-state index contributed by atoms with van der Waals surface area (Å²) in [4.78, 5) is 25.4. The number of aldehydes is 1. The molecule has 1 atom stereocenters. The Bertz CT molecular complexity index is 821. The van der Waals surface area contributed by atoms with Gasteiger partial charge in [-0.15, -0.1) is 0 Å². The van der Waals surface area contributed by atoms with Crippen molar-refractivity contribution in [3.05, 3.63) is 48.2 Å². The van der Waals surface area contributed by atoms with Crippen molar-refractivity contribution in [3.8, 4) is 5.75 Å². The zero-order valence-electron chi connectivity index (χ0n) is 16.5. The molecule has 2 heterocycles. The highest BCUT2D eigenvalue weighted by Crippen LogP contribution is 2.36. The number of amidine groups is 1. The maximum absolute atomic E-state index is 11.7. The van der Waals surface area contributed by atoms with Crippen LogP contribution in [-0.4, -0.2) is 54.6 Å². The normalized spacial score (nSPS) is 15.7. The largest absolute Gasteiger partial charge is 0.497 e. The molecule has 1 aliphatic rings. The van der Waals surface area contributed by atoms with Gasteiger partial charge in [0.25, 0.3) is 0 Å². The van der Waals surface area contributed by atoms with E-state index in [1.165, 1.54) is 11.8 Å². The molecular weight excluding hydrogens is 372 g/mol. The van der Waals surface area contributed by atoms with E-state index in [9.17, 15) is 4.79 Å². The lowest BCUT2D eigenvalue weighted by Crippen LogP contribution is -2.38. The van der Waals surface area contributed by atoms with Gasteiger partial charge in [-0.25, -0.2) is 9.98 Å². The lowest BCUT2D eigenvalue weighted by molar-refractivity contribution is -0.109. The number of carbonyl (C=O) groups excluding carboxylic acids is 1. The van der Waals surface area contributed by atoms with Gasteiger partial charge in [0.05, 0.1) is 7.11 Å². The van der Waals surface area contributed by atoms with E-state index in [0.29, 0.717) is 0 Å². The van der Waals surface area contributed by atoms with Crippen molar-refractivity contribution in [2.24, 2.45) is 4.99 Å². The van der Waals surface area contributed by atoms with Crippen LogP contribution in [0.1, 0.15) is 25.5 Å². The molecule has 0 aliphatic carbocycles. The molecule has 0 radical (unpaired) electrons. The van der Waals surface area contributed by atoms with E-state index in [-0.39, 0.29) is 0 Å². The Hall–Kier alpha value is -2.38. The summed E-state index contributed by atoms with van der Waals surface area (Å²) in [6.45, 7) is 7.99.